The van der Waals surface area contributed by atoms with E-state index in [1.807, 2.05) is 0 Å². The molecular weight excluding hydrogens is 391 g/mol. The smallest absolute Gasteiger partial charge is 0.409 e. The minimum Gasteiger partial charge on any atom is -0.455 e. The molecule has 1 aliphatic heterocycles. The van der Waals surface area contributed by atoms with E-state index in [9.17, 15) is 18.8 Å². The van der Waals surface area contributed by atoms with Crippen molar-refractivity contribution in [2.45, 2.75) is 56.9 Å². The van der Waals surface area contributed by atoms with Crippen molar-refractivity contribution in [2.24, 2.45) is 0 Å². The van der Waals surface area contributed by atoms with Crippen molar-refractivity contribution in [1.29, 1.82) is 0 Å². The van der Waals surface area contributed by atoms with Crippen LogP contribution in [0.1, 0.15) is 51.0 Å². The predicted octanol–water partition coefficient (Wildman–Crippen LogP) is 2.92. The Morgan fingerprint density at radius 1 is 1.10 bits per heavy atom. The number of benzene rings is 1. The summed E-state index contributed by atoms with van der Waals surface area (Å²) in [7, 11) is 0. The zero-order valence-corrected chi connectivity index (χ0v) is 17.3. The number of amides is 2. The maximum absolute atomic E-state index is 13.3. The van der Waals surface area contributed by atoms with E-state index >= 15 is 0 Å². The lowest BCUT2D eigenvalue weighted by atomic mass is 9.79. The highest BCUT2D eigenvalue weighted by molar-refractivity contribution is 5.86. The predicted molar refractivity (Wildman–Crippen MR) is 107 cm³/mol. The number of likely N-dealkylation sites (tertiary alicyclic amines) is 1. The number of carbonyl (C=O) groups excluding carboxylic acids is 3. The van der Waals surface area contributed by atoms with E-state index < -0.39 is 11.4 Å². The van der Waals surface area contributed by atoms with E-state index in [0.29, 0.717) is 45.4 Å². The Labute approximate surface area is 175 Å². The first-order chi connectivity index (χ1) is 14.4. The fourth-order valence-electron chi connectivity index (χ4n) is 4.32. The van der Waals surface area contributed by atoms with Crippen molar-refractivity contribution in [3.63, 3.8) is 0 Å². The molecule has 164 valence electrons. The van der Waals surface area contributed by atoms with Crippen molar-refractivity contribution in [2.75, 3.05) is 26.3 Å². The van der Waals surface area contributed by atoms with E-state index in [1.165, 1.54) is 12.1 Å². The molecule has 8 heteroatoms. The molecule has 30 heavy (non-hydrogen) atoms. The molecule has 7 nitrogen and oxygen atoms in total. The summed E-state index contributed by atoms with van der Waals surface area (Å²) in [4.78, 5) is 38.5. The second-order valence-corrected chi connectivity index (χ2v) is 7.90. The molecule has 1 aromatic rings. The molecule has 1 heterocycles. The van der Waals surface area contributed by atoms with Crippen molar-refractivity contribution >= 4 is 18.0 Å². The molecular formula is C22H29FN2O5. The highest BCUT2D eigenvalue weighted by atomic mass is 19.1. The average molecular weight is 420 g/mol. The highest BCUT2D eigenvalue weighted by Crippen LogP contribution is 2.42. The van der Waals surface area contributed by atoms with Gasteiger partial charge in [-0.05, 0) is 50.3 Å². The van der Waals surface area contributed by atoms with Crippen LogP contribution in [0, 0.1) is 5.82 Å². The zero-order valence-electron chi connectivity index (χ0n) is 17.3. The SMILES string of the molecule is CCOC(=O)N1CCC(NC(=O)COC(=O)C2(c3ccc(F)cc3)CCCC2)CC1. The molecule has 0 aromatic heterocycles. The van der Waals surface area contributed by atoms with Gasteiger partial charge in [-0.25, -0.2) is 9.18 Å². The summed E-state index contributed by atoms with van der Waals surface area (Å²) in [5, 5.41) is 2.87. The van der Waals surface area contributed by atoms with Crippen LogP contribution in [0.15, 0.2) is 24.3 Å². The van der Waals surface area contributed by atoms with Crippen LogP contribution in [-0.4, -0.2) is 55.2 Å². The molecule has 2 amide bonds. The van der Waals surface area contributed by atoms with Crippen molar-refractivity contribution < 1.29 is 28.2 Å². The fourth-order valence-corrected chi connectivity index (χ4v) is 4.32. The van der Waals surface area contributed by atoms with Crippen LogP contribution in [-0.2, 0) is 24.5 Å². The molecule has 0 bridgehead atoms. The van der Waals surface area contributed by atoms with Crippen LogP contribution < -0.4 is 5.32 Å². The number of hydrogen-bond donors (Lipinski definition) is 1. The topological polar surface area (TPSA) is 84.9 Å². The number of rotatable bonds is 6. The van der Waals surface area contributed by atoms with Gasteiger partial charge in [0, 0.05) is 19.1 Å². The first kappa shape index (κ1) is 22.1. The molecule has 1 N–H and O–H groups in total. The number of hydrogen-bond acceptors (Lipinski definition) is 5. The molecule has 0 atom stereocenters. The number of carbonyl (C=O) groups is 3. The van der Waals surface area contributed by atoms with E-state index in [2.05, 4.69) is 5.32 Å². The summed E-state index contributed by atoms with van der Waals surface area (Å²) >= 11 is 0. The molecule has 0 unspecified atom stereocenters. The molecule has 0 radical (unpaired) electrons. The van der Waals surface area contributed by atoms with E-state index in [1.54, 1.807) is 24.0 Å². The van der Waals surface area contributed by atoms with Crippen LogP contribution in [0.3, 0.4) is 0 Å². The third kappa shape index (κ3) is 5.09. The Morgan fingerprint density at radius 3 is 2.33 bits per heavy atom. The van der Waals surface area contributed by atoms with E-state index in [-0.39, 0.29) is 30.5 Å². The van der Waals surface area contributed by atoms with Gasteiger partial charge < -0.3 is 19.7 Å². The standard InChI is InChI=1S/C22H29FN2O5/c1-2-29-21(28)25-13-9-18(10-14-25)24-19(26)15-30-20(27)22(11-3-4-12-22)16-5-7-17(23)8-6-16/h5-8,18H,2-4,9-15H2,1H3,(H,24,26). The second kappa shape index (κ2) is 9.91. The molecule has 2 fully saturated rings. The Hall–Kier alpha value is -2.64. The maximum atomic E-state index is 13.3. The second-order valence-electron chi connectivity index (χ2n) is 7.90. The Bertz CT molecular complexity index is 753. The lowest BCUT2D eigenvalue weighted by molar-refractivity contribution is -0.154. The molecule has 1 aliphatic carbocycles. The van der Waals surface area contributed by atoms with E-state index in [4.69, 9.17) is 9.47 Å². The van der Waals surface area contributed by atoms with Crippen LogP contribution >= 0.6 is 0 Å². The molecule has 2 aliphatic rings. The number of halogens is 1. The first-order valence-electron chi connectivity index (χ1n) is 10.6. The maximum Gasteiger partial charge on any atom is 0.409 e. The average Bonchev–Trinajstić information content (AvgIpc) is 3.24. The Morgan fingerprint density at radius 2 is 1.73 bits per heavy atom. The zero-order chi connectivity index (χ0) is 21.6. The molecule has 3 rings (SSSR count). The minimum atomic E-state index is -0.807. The molecule has 1 saturated heterocycles. The Kier molecular flexibility index (Phi) is 7.29. The summed E-state index contributed by atoms with van der Waals surface area (Å²) in [6, 6.07) is 5.87. The quantitative estimate of drug-likeness (QED) is 0.716. The summed E-state index contributed by atoms with van der Waals surface area (Å²) < 4.78 is 23.6. The van der Waals surface area contributed by atoms with E-state index in [0.717, 1.165) is 18.4 Å². The number of nitrogens with one attached hydrogen (secondary N) is 1. The third-order valence-electron chi connectivity index (χ3n) is 5.97. The van der Waals surface area contributed by atoms with Crippen molar-refractivity contribution in [3.05, 3.63) is 35.6 Å². The van der Waals surface area contributed by atoms with Gasteiger partial charge in [0.05, 0.1) is 12.0 Å². The third-order valence-corrected chi connectivity index (χ3v) is 5.97. The van der Waals surface area contributed by atoms with Gasteiger partial charge in [0.25, 0.3) is 5.91 Å². The van der Waals surface area contributed by atoms with Crippen molar-refractivity contribution in [1.82, 2.24) is 10.2 Å². The van der Waals surface area contributed by atoms with Crippen LogP contribution in [0.25, 0.3) is 0 Å². The number of nitrogens with zero attached hydrogens (tertiary/aromatic N) is 1. The molecule has 1 aromatic carbocycles. The molecule has 1 saturated carbocycles. The van der Waals surface area contributed by atoms with Crippen molar-refractivity contribution in [3.8, 4) is 0 Å². The number of esters is 1. The minimum absolute atomic E-state index is 0.0700. The van der Waals surface area contributed by atoms with Gasteiger partial charge >= 0.3 is 12.1 Å². The van der Waals surface area contributed by atoms with Crippen LogP contribution in [0.5, 0.6) is 0 Å². The first-order valence-corrected chi connectivity index (χ1v) is 10.6. The monoisotopic (exact) mass is 420 g/mol. The van der Waals surface area contributed by atoms with Gasteiger partial charge in [0.1, 0.15) is 5.82 Å². The Balaban J connectivity index is 1.49. The van der Waals surface area contributed by atoms with Gasteiger partial charge in [0.2, 0.25) is 0 Å². The fraction of sp³-hybridized carbons (Fsp3) is 0.591. The number of piperidine rings is 1. The van der Waals surface area contributed by atoms with Crippen LogP contribution in [0.4, 0.5) is 9.18 Å². The van der Waals surface area contributed by atoms with Gasteiger partial charge in [-0.2, -0.15) is 0 Å². The van der Waals surface area contributed by atoms with Gasteiger partial charge in [-0.3, -0.25) is 9.59 Å². The number of ether oxygens (including phenoxy) is 2. The summed E-state index contributed by atoms with van der Waals surface area (Å²) in [6.07, 6.45) is 3.95. The lowest BCUT2D eigenvalue weighted by Crippen LogP contribution is -2.47. The van der Waals surface area contributed by atoms with Gasteiger partial charge in [-0.1, -0.05) is 25.0 Å². The van der Waals surface area contributed by atoms with Crippen LogP contribution in [0.2, 0.25) is 0 Å². The van der Waals surface area contributed by atoms with Gasteiger partial charge in [-0.15, -0.1) is 0 Å². The lowest BCUT2D eigenvalue weighted by Gasteiger charge is -2.31. The normalized spacial score (nSPS) is 18.7. The largest absolute Gasteiger partial charge is 0.455 e. The summed E-state index contributed by atoms with van der Waals surface area (Å²) in [5.74, 6) is -1.14. The summed E-state index contributed by atoms with van der Waals surface area (Å²) in [6.45, 7) is 2.77. The summed E-state index contributed by atoms with van der Waals surface area (Å²) in [5.41, 5.74) is -0.0722. The highest BCUT2D eigenvalue weighted by Gasteiger charge is 2.44. The molecule has 0 spiro atoms. The van der Waals surface area contributed by atoms with Gasteiger partial charge in [0.15, 0.2) is 6.61 Å².